The van der Waals surface area contributed by atoms with Crippen LogP contribution in [0.1, 0.15) is 38.1 Å². The number of ketones is 1. The minimum atomic E-state index is -0.868. The van der Waals surface area contributed by atoms with Crippen molar-refractivity contribution in [2.24, 2.45) is 5.92 Å². The standard InChI is InChI=1S/C17H23NO4S/c1-11(2)9-18-16(20)13(4)22-17(21)14-7-5-6-8-15(14)23-10-12(3)19/h5-8,11,13H,9-10H2,1-4H3,(H,18,20)/t13-/m0/s1. The molecule has 23 heavy (non-hydrogen) atoms. The molecule has 0 aliphatic rings. The molecule has 1 atom stereocenters. The molecule has 1 aromatic rings. The number of hydrogen-bond donors (Lipinski definition) is 1. The van der Waals surface area contributed by atoms with Crippen LogP contribution in [0.4, 0.5) is 0 Å². The number of hydrogen-bond acceptors (Lipinski definition) is 5. The van der Waals surface area contributed by atoms with E-state index in [1.807, 2.05) is 13.8 Å². The third-order valence-corrected chi connectivity index (χ3v) is 4.09. The zero-order valence-electron chi connectivity index (χ0n) is 13.9. The van der Waals surface area contributed by atoms with Gasteiger partial charge in [-0.25, -0.2) is 4.79 Å². The van der Waals surface area contributed by atoms with Crippen LogP contribution in [-0.4, -0.2) is 36.1 Å². The number of benzene rings is 1. The summed E-state index contributed by atoms with van der Waals surface area (Å²) in [6.45, 7) is 7.54. The smallest absolute Gasteiger partial charge is 0.340 e. The fourth-order valence-corrected chi connectivity index (χ4v) is 2.51. The number of carbonyl (C=O) groups is 3. The van der Waals surface area contributed by atoms with E-state index in [1.165, 1.54) is 18.7 Å². The first kappa shape index (κ1) is 19.2. The molecule has 1 aromatic carbocycles. The lowest BCUT2D eigenvalue weighted by Crippen LogP contribution is -2.37. The van der Waals surface area contributed by atoms with Gasteiger partial charge in [0.2, 0.25) is 0 Å². The Kier molecular flexibility index (Phi) is 7.81. The summed E-state index contributed by atoms with van der Waals surface area (Å²) in [4.78, 5) is 35.9. The highest BCUT2D eigenvalue weighted by Gasteiger charge is 2.20. The molecule has 0 aliphatic carbocycles. The average molecular weight is 337 g/mol. The molecule has 1 N–H and O–H groups in total. The van der Waals surface area contributed by atoms with Crippen LogP contribution in [0.3, 0.4) is 0 Å². The first-order chi connectivity index (χ1) is 10.8. The van der Waals surface area contributed by atoms with Gasteiger partial charge in [-0.3, -0.25) is 9.59 Å². The maximum absolute atomic E-state index is 12.3. The van der Waals surface area contributed by atoms with Crippen LogP contribution < -0.4 is 5.32 Å². The van der Waals surface area contributed by atoms with Crippen molar-refractivity contribution in [1.29, 1.82) is 0 Å². The number of carbonyl (C=O) groups excluding carboxylic acids is 3. The van der Waals surface area contributed by atoms with E-state index in [9.17, 15) is 14.4 Å². The van der Waals surface area contributed by atoms with Crippen molar-refractivity contribution in [2.75, 3.05) is 12.3 Å². The predicted octanol–water partition coefficient (Wildman–Crippen LogP) is 2.69. The second-order valence-corrected chi connectivity index (χ2v) is 6.69. The number of nitrogens with one attached hydrogen (secondary N) is 1. The van der Waals surface area contributed by atoms with Gasteiger partial charge in [-0.15, -0.1) is 11.8 Å². The third-order valence-electron chi connectivity index (χ3n) is 2.88. The highest BCUT2D eigenvalue weighted by molar-refractivity contribution is 8.00. The van der Waals surface area contributed by atoms with Gasteiger partial charge < -0.3 is 10.1 Å². The molecular weight excluding hydrogens is 314 g/mol. The third kappa shape index (κ3) is 6.86. The Hall–Kier alpha value is -1.82. The average Bonchev–Trinajstić information content (AvgIpc) is 2.50. The SMILES string of the molecule is CC(=O)CSc1ccccc1C(=O)O[C@@H](C)C(=O)NCC(C)C. The van der Waals surface area contributed by atoms with E-state index in [1.54, 1.807) is 31.2 Å². The zero-order valence-corrected chi connectivity index (χ0v) is 14.7. The predicted molar refractivity (Wildman–Crippen MR) is 90.6 cm³/mol. The van der Waals surface area contributed by atoms with Crippen molar-refractivity contribution >= 4 is 29.4 Å². The van der Waals surface area contributed by atoms with Crippen molar-refractivity contribution in [2.45, 2.75) is 38.7 Å². The van der Waals surface area contributed by atoms with Crippen LogP contribution in [0.2, 0.25) is 0 Å². The molecule has 0 fully saturated rings. The van der Waals surface area contributed by atoms with Gasteiger partial charge in [-0.2, -0.15) is 0 Å². The van der Waals surface area contributed by atoms with E-state index in [0.717, 1.165) is 0 Å². The largest absolute Gasteiger partial charge is 0.449 e. The summed E-state index contributed by atoms with van der Waals surface area (Å²) in [5.74, 6) is -0.246. The van der Waals surface area contributed by atoms with Gasteiger partial charge in [0.1, 0.15) is 5.78 Å². The molecule has 0 unspecified atom stereocenters. The molecule has 0 radical (unpaired) electrons. The molecule has 0 spiro atoms. The first-order valence-corrected chi connectivity index (χ1v) is 8.49. The summed E-state index contributed by atoms with van der Waals surface area (Å²) >= 11 is 1.28. The fourth-order valence-electron chi connectivity index (χ4n) is 1.67. The lowest BCUT2D eigenvalue weighted by Gasteiger charge is -2.15. The van der Waals surface area contributed by atoms with Crippen LogP contribution in [0, 0.1) is 5.92 Å². The molecule has 5 nitrogen and oxygen atoms in total. The number of esters is 1. The monoisotopic (exact) mass is 337 g/mol. The molecule has 1 amide bonds. The number of thioether (sulfide) groups is 1. The van der Waals surface area contributed by atoms with E-state index in [0.29, 0.717) is 22.9 Å². The topological polar surface area (TPSA) is 72.5 Å². The van der Waals surface area contributed by atoms with Gasteiger partial charge in [0.25, 0.3) is 5.91 Å². The maximum Gasteiger partial charge on any atom is 0.340 e. The number of rotatable bonds is 8. The lowest BCUT2D eigenvalue weighted by molar-refractivity contribution is -0.129. The van der Waals surface area contributed by atoms with E-state index in [4.69, 9.17) is 4.74 Å². The quantitative estimate of drug-likeness (QED) is 0.583. The molecule has 0 saturated carbocycles. The number of amides is 1. The molecule has 1 rings (SSSR count). The van der Waals surface area contributed by atoms with Crippen molar-refractivity contribution < 1.29 is 19.1 Å². The second-order valence-electron chi connectivity index (χ2n) is 5.67. The molecule has 0 aliphatic heterocycles. The van der Waals surface area contributed by atoms with Gasteiger partial charge in [0, 0.05) is 11.4 Å². The zero-order chi connectivity index (χ0) is 17.4. The van der Waals surface area contributed by atoms with Crippen molar-refractivity contribution in [3.05, 3.63) is 29.8 Å². The first-order valence-electron chi connectivity index (χ1n) is 7.51. The van der Waals surface area contributed by atoms with Gasteiger partial charge in [-0.1, -0.05) is 26.0 Å². The van der Waals surface area contributed by atoms with E-state index in [2.05, 4.69) is 5.32 Å². The molecular formula is C17H23NO4S. The number of ether oxygens (including phenoxy) is 1. The van der Waals surface area contributed by atoms with Crippen molar-refractivity contribution in [1.82, 2.24) is 5.32 Å². The van der Waals surface area contributed by atoms with Crippen LogP contribution in [0.15, 0.2) is 29.2 Å². The fraction of sp³-hybridized carbons (Fsp3) is 0.471. The minimum Gasteiger partial charge on any atom is -0.449 e. The highest BCUT2D eigenvalue weighted by Crippen LogP contribution is 2.23. The van der Waals surface area contributed by atoms with Gasteiger partial charge >= 0.3 is 5.97 Å². The summed E-state index contributed by atoms with van der Waals surface area (Å²) in [7, 11) is 0. The van der Waals surface area contributed by atoms with Crippen molar-refractivity contribution in [3.8, 4) is 0 Å². The summed E-state index contributed by atoms with van der Waals surface area (Å²) < 4.78 is 5.23. The Balaban J connectivity index is 2.70. The van der Waals surface area contributed by atoms with E-state index >= 15 is 0 Å². The number of Topliss-reactive ketones (excluding diaryl/α,β-unsaturated/α-hetero) is 1. The summed E-state index contributed by atoms with van der Waals surface area (Å²) in [6.07, 6.45) is -0.868. The van der Waals surface area contributed by atoms with Crippen LogP contribution >= 0.6 is 11.8 Å². The molecule has 0 heterocycles. The molecule has 6 heteroatoms. The normalized spacial score (nSPS) is 11.9. The van der Waals surface area contributed by atoms with E-state index < -0.39 is 12.1 Å². The van der Waals surface area contributed by atoms with E-state index in [-0.39, 0.29) is 17.4 Å². The summed E-state index contributed by atoms with van der Waals surface area (Å²) in [5.41, 5.74) is 0.363. The Morgan fingerprint density at radius 2 is 1.83 bits per heavy atom. The Labute approximate surface area is 141 Å². The van der Waals surface area contributed by atoms with Crippen LogP contribution in [0.25, 0.3) is 0 Å². The summed E-state index contributed by atoms with van der Waals surface area (Å²) in [5, 5.41) is 2.73. The van der Waals surface area contributed by atoms with Crippen molar-refractivity contribution in [3.63, 3.8) is 0 Å². The lowest BCUT2D eigenvalue weighted by atomic mass is 10.2. The Bertz CT molecular complexity index is 571. The molecule has 0 bridgehead atoms. The van der Waals surface area contributed by atoms with Gasteiger partial charge in [-0.05, 0) is 31.9 Å². The highest BCUT2D eigenvalue weighted by atomic mass is 32.2. The molecule has 0 saturated heterocycles. The van der Waals surface area contributed by atoms with Crippen LogP contribution in [0.5, 0.6) is 0 Å². The Morgan fingerprint density at radius 3 is 2.43 bits per heavy atom. The minimum absolute atomic E-state index is 0.0274. The summed E-state index contributed by atoms with van der Waals surface area (Å²) in [6, 6.07) is 6.90. The van der Waals surface area contributed by atoms with Gasteiger partial charge in [0.15, 0.2) is 6.10 Å². The molecule has 126 valence electrons. The van der Waals surface area contributed by atoms with Gasteiger partial charge in [0.05, 0.1) is 11.3 Å². The Morgan fingerprint density at radius 1 is 1.17 bits per heavy atom. The second kappa shape index (κ2) is 9.35. The van der Waals surface area contributed by atoms with Crippen LogP contribution in [-0.2, 0) is 14.3 Å². The molecule has 0 aromatic heterocycles. The maximum atomic E-state index is 12.3.